The van der Waals surface area contributed by atoms with Gasteiger partial charge >= 0.3 is 5.76 Å². The first-order valence-electron chi connectivity index (χ1n) is 7.36. The lowest BCUT2D eigenvalue weighted by atomic mass is 10.3. The molecule has 2 aromatic carbocycles. The summed E-state index contributed by atoms with van der Waals surface area (Å²) in [4.78, 5) is 16.6. The van der Waals surface area contributed by atoms with Crippen LogP contribution >= 0.6 is 11.8 Å². The molecule has 5 nitrogen and oxygen atoms in total. The summed E-state index contributed by atoms with van der Waals surface area (Å²) >= 11 is 1.64. The van der Waals surface area contributed by atoms with Crippen LogP contribution in [-0.2, 0) is 13.6 Å². The van der Waals surface area contributed by atoms with Crippen LogP contribution in [-0.4, -0.2) is 19.9 Å². The normalized spacial score (nSPS) is 11.5. The average molecular weight is 325 g/mol. The van der Waals surface area contributed by atoms with E-state index in [0.29, 0.717) is 12.1 Å². The third kappa shape index (κ3) is 2.45. The summed E-state index contributed by atoms with van der Waals surface area (Å²) in [6.45, 7) is 0.587. The van der Waals surface area contributed by atoms with Gasteiger partial charge < -0.3 is 8.98 Å². The van der Waals surface area contributed by atoms with E-state index in [1.807, 2.05) is 49.5 Å². The van der Waals surface area contributed by atoms with E-state index >= 15 is 0 Å². The Labute approximate surface area is 136 Å². The lowest BCUT2D eigenvalue weighted by molar-refractivity contribution is 0.514. The van der Waals surface area contributed by atoms with Crippen molar-refractivity contribution in [2.24, 2.45) is 7.05 Å². The SMILES string of the molecule is Cn1c(SCCn2c(=O)oc3ccccc32)nc2ccccc21. The van der Waals surface area contributed by atoms with Crippen molar-refractivity contribution < 1.29 is 4.42 Å². The van der Waals surface area contributed by atoms with E-state index in [1.54, 1.807) is 16.3 Å². The van der Waals surface area contributed by atoms with E-state index in [0.717, 1.165) is 27.5 Å². The Balaban J connectivity index is 1.56. The summed E-state index contributed by atoms with van der Waals surface area (Å²) in [5.41, 5.74) is 3.57. The van der Waals surface area contributed by atoms with Gasteiger partial charge in [-0.1, -0.05) is 36.0 Å². The van der Waals surface area contributed by atoms with E-state index in [4.69, 9.17) is 4.42 Å². The van der Waals surface area contributed by atoms with Crippen LogP contribution in [0.2, 0.25) is 0 Å². The van der Waals surface area contributed by atoms with Gasteiger partial charge in [0.25, 0.3) is 0 Å². The van der Waals surface area contributed by atoms with Crippen molar-refractivity contribution in [1.29, 1.82) is 0 Å². The van der Waals surface area contributed by atoms with Crippen LogP contribution in [0.25, 0.3) is 22.1 Å². The van der Waals surface area contributed by atoms with Crippen molar-refractivity contribution >= 4 is 33.9 Å². The first-order valence-corrected chi connectivity index (χ1v) is 8.35. The molecule has 0 amide bonds. The Morgan fingerprint density at radius 3 is 2.65 bits per heavy atom. The lowest BCUT2D eigenvalue weighted by Gasteiger charge is -2.03. The topological polar surface area (TPSA) is 53.0 Å². The summed E-state index contributed by atoms with van der Waals surface area (Å²) in [5.74, 6) is 0.442. The second-order valence-corrected chi connectivity index (χ2v) is 6.34. The van der Waals surface area contributed by atoms with Gasteiger partial charge in [-0.25, -0.2) is 9.78 Å². The molecule has 2 aromatic heterocycles. The standard InChI is InChI=1S/C17H15N3O2S/c1-19-13-7-3-2-6-12(13)18-16(19)23-11-10-20-14-8-4-5-9-15(14)22-17(20)21/h2-9H,10-11H2,1H3. The highest BCUT2D eigenvalue weighted by Crippen LogP contribution is 2.23. The number of oxazole rings is 1. The van der Waals surface area contributed by atoms with Gasteiger partial charge in [-0.05, 0) is 24.3 Å². The van der Waals surface area contributed by atoms with Gasteiger partial charge in [-0.15, -0.1) is 0 Å². The number of imidazole rings is 1. The number of para-hydroxylation sites is 4. The molecule has 0 aliphatic rings. The molecular weight excluding hydrogens is 310 g/mol. The minimum Gasteiger partial charge on any atom is -0.408 e. The van der Waals surface area contributed by atoms with Crippen LogP contribution in [0.4, 0.5) is 0 Å². The smallest absolute Gasteiger partial charge is 0.408 e. The summed E-state index contributed by atoms with van der Waals surface area (Å²) in [6, 6.07) is 15.5. The molecule has 0 saturated carbocycles. The highest BCUT2D eigenvalue weighted by atomic mass is 32.2. The molecule has 0 atom stereocenters. The van der Waals surface area contributed by atoms with E-state index in [2.05, 4.69) is 15.6 Å². The number of rotatable bonds is 4. The monoisotopic (exact) mass is 325 g/mol. The summed E-state index contributed by atoms with van der Waals surface area (Å²) in [6.07, 6.45) is 0. The van der Waals surface area contributed by atoms with Gasteiger partial charge in [0.05, 0.1) is 16.6 Å². The van der Waals surface area contributed by atoms with Crippen LogP contribution < -0.4 is 5.76 Å². The molecule has 0 bridgehead atoms. The van der Waals surface area contributed by atoms with Crippen molar-refractivity contribution in [3.05, 3.63) is 59.1 Å². The summed E-state index contributed by atoms with van der Waals surface area (Å²) in [7, 11) is 2.01. The Hall–Kier alpha value is -2.47. The summed E-state index contributed by atoms with van der Waals surface area (Å²) < 4.78 is 9.00. The van der Waals surface area contributed by atoms with Gasteiger partial charge in [0, 0.05) is 19.3 Å². The maximum Gasteiger partial charge on any atom is 0.419 e. The highest BCUT2D eigenvalue weighted by molar-refractivity contribution is 7.99. The van der Waals surface area contributed by atoms with Crippen molar-refractivity contribution in [3.8, 4) is 0 Å². The molecule has 0 aliphatic heterocycles. The van der Waals surface area contributed by atoms with Gasteiger partial charge in [-0.2, -0.15) is 0 Å². The Morgan fingerprint density at radius 1 is 1.09 bits per heavy atom. The fourth-order valence-electron chi connectivity index (χ4n) is 2.71. The Bertz CT molecular complexity index is 1040. The number of benzene rings is 2. The van der Waals surface area contributed by atoms with E-state index in [9.17, 15) is 4.79 Å². The van der Waals surface area contributed by atoms with Crippen molar-refractivity contribution in [2.75, 3.05) is 5.75 Å². The van der Waals surface area contributed by atoms with Gasteiger partial charge in [-0.3, -0.25) is 4.57 Å². The van der Waals surface area contributed by atoms with Crippen LogP contribution in [0.15, 0.2) is 62.9 Å². The van der Waals surface area contributed by atoms with Crippen LogP contribution in [0.1, 0.15) is 0 Å². The van der Waals surface area contributed by atoms with E-state index in [1.165, 1.54) is 0 Å². The molecule has 0 fully saturated rings. The molecule has 6 heteroatoms. The van der Waals surface area contributed by atoms with Crippen LogP contribution in [0.5, 0.6) is 0 Å². The number of thioether (sulfide) groups is 1. The molecule has 23 heavy (non-hydrogen) atoms. The Morgan fingerprint density at radius 2 is 1.83 bits per heavy atom. The van der Waals surface area contributed by atoms with Crippen LogP contribution in [0, 0.1) is 0 Å². The zero-order valence-electron chi connectivity index (χ0n) is 12.6. The van der Waals surface area contributed by atoms with Crippen molar-refractivity contribution in [2.45, 2.75) is 11.7 Å². The third-order valence-electron chi connectivity index (χ3n) is 3.87. The molecule has 0 aliphatic carbocycles. The van der Waals surface area contributed by atoms with E-state index < -0.39 is 0 Å². The van der Waals surface area contributed by atoms with Gasteiger partial charge in [0.2, 0.25) is 0 Å². The molecule has 2 heterocycles. The van der Waals surface area contributed by atoms with Gasteiger partial charge in [0.15, 0.2) is 10.7 Å². The van der Waals surface area contributed by atoms with Gasteiger partial charge in [0.1, 0.15) is 0 Å². The average Bonchev–Trinajstić information content (AvgIpc) is 3.06. The number of hydrogen-bond acceptors (Lipinski definition) is 4. The minimum absolute atomic E-state index is 0.309. The first kappa shape index (κ1) is 14.1. The molecule has 4 rings (SSSR count). The lowest BCUT2D eigenvalue weighted by Crippen LogP contribution is -2.15. The maximum absolute atomic E-state index is 12.0. The summed E-state index contributed by atoms with van der Waals surface area (Å²) in [5, 5.41) is 0.951. The highest BCUT2D eigenvalue weighted by Gasteiger charge is 2.10. The molecule has 0 spiro atoms. The predicted molar refractivity (Wildman–Crippen MR) is 91.9 cm³/mol. The molecule has 0 saturated heterocycles. The minimum atomic E-state index is -0.309. The maximum atomic E-state index is 12.0. The molecular formula is C17H15N3O2S. The molecule has 0 radical (unpaired) electrons. The number of nitrogens with zero attached hydrogens (tertiary/aromatic N) is 3. The van der Waals surface area contributed by atoms with E-state index in [-0.39, 0.29) is 5.76 Å². The molecule has 4 aromatic rings. The third-order valence-corrected chi connectivity index (χ3v) is 4.88. The first-order chi connectivity index (χ1) is 11.2. The van der Waals surface area contributed by atoms with Crippen molar-refractivity contribution in [1.82, 2.24) is 14.1 Å². The quantitative estimate of drug-likeness (QED) is 0.540. The number of hydrogen-bond donors (Lipinski definition) is 0. The Kier molecular flexibility index (Phi) is 3.46. The zero-order valence-corrected chi connectivity index (χ0v) is 13.4. The number of aromatic nitrogens is 3. The molecule has 0 unspecified atom stereocenters. The van der Waals surface area contributed by atoms with Crippen molar-refractivity contribution in [3.63, 3.8) is 0 Å². The fraction of sp³-hybridized carbons (Fsp3) is 0.176. The largest absolute Gasteiger partial charge is 0.419 e. The second kappa shape index (κ2) is 5.62. The number of fused-ring (bicyclic) bond motifs is 2. The predicted octanol–water partition coefficient (Wildman–Crippen LogP) is 3.27. The zero-order chi connectivity index (χ0) is 15.8. The molecule has 116 valence electrons. The molecule has 0 N–H and O–H groups in total. The van der Waals surface area contributed by atoms with Crippen LogP contribution in [0.3, 0.4) is 0 Å². The second-order valence-electron chi connectivity index (χ2n) is 5.28. The number of aryl methyl sites for hydroxylation is 2. The fourth-order valence-corrected chi connectivity index (χ4v) is 3.62.